The van der Waals surface area contributed by atoms with Gasteiger partial charge in [0.25, 0.3) is 0 Å². The molecule has 1 aliphatic carbocycles. The minimum atomic E-state index is 0.587. The summed E-state index contributed by atoms with van der Waals surface area (Å²) in [5.41, 5.74) is 1.34. The van der Waals surface area contributed by atoms with E-state index in [-0.39, 0.29) is 0 Å². The van der Waals surface area contributed by atoms with Crippen LogP contribution in [0.25, 0.3) is 0 Å². The predicted molar refractivity (Wildman–Crippen MR) is 90.0 cm³/mol. The number of nitrogens with one attached hydrogen (secondary N) is 1. The molecular weight excluding hydrogens is 258 g/mol. The van der Waals surface area contributed by atoms with E-state index >= 15 is 0 Å². The first kappa shape index (κ1) is 16.4. The number of para-hydroxylation sites is 1. The van der Waals surface area contributed by atoms with Gasteiger partial charge in [0, 0.05) is 6.04 Å². The summed E-state index contributed by atoms with van der Waals surface area (Å²) in [6, 6.07) is 9.05. The third-order valence-corrected chi connectivity index (χ3v) is 4.68. The van der Waals surface area contributed by atoms with Crippen molar-refractivity contribution < 1.29 is 4.74 Å². The number of benzene rings is 1. The van der Waals surface area contributed by atoms with Crippen LogP contribution in [0.3, 0.4) is 0 Å². The van der Waals surface area contributed by atoms with Crippen LogP contribution in [0, 0.1) is 5.92 Å². The standard InChI is InChI=1S/C19H31NO/c1-3-13-20-18(14-16-9-5-4-6-10-16)15-17-11-7-8-12-19(17)21-2/h7-8,11-12,16,18,20H,3-6,9-10,13-15H2,1-2H3. The maximum Gasteiger partial charge on any atom is 0.122 e. The van der Waals surface area contributed by atoms with Gasteiger partial charge in [-0.1, -0.05) is 57.2 Å². The minimum absolute atomic E-state index is 0.587. The summed E-state index contributed by atoms with van der Waals surface area (Å²) >= 11 is 0. The van der Waals surface area contributed by atoms with Crippen molar-refractivity contribution in [2.75, 3.05) is 13.7 Å². The molecule has 0 heterocycles. The smallest absolute Gasteiger partial charge is 0.122 e. The fourth-order valence-electron chi connectivity index (χ4n) is 3.55. The summed E-state index contributed by atoms with van der Waals surface area (Å²) in [5.74, 6) is 1.95. The second-order valence-electron chi connectivity index (χ2n) is 6.41. The highest BCUT2D eigenvalue weighted by molar-refractivity contribution is 5.33. The molecule has 0 aromatic heterocycles. The average molecular weight is 289 g/mol. The molecule has 1 aromatic carbocycles. The lowest BCUT2D eigenvalue weighted by Gasteiger charge is -2.27. The summed E-state index contributed by atoms with van der Waals surface area (Å²) in [6.07, 6.45) is 10.8. The van der Waals surface area contributed by atoms with Crippen LogP contribution in [0.2, 0.25) is 0 Å². The van der Waals surface area contributed by atoms with Gasteiger partial charge in [-0.2, -0.15) is 0 Å². The van der Waals surface area contributed by atoms with Crippen molar-refractivity contribution in [1.82, 2.24) is 5.32 Å². The van der Waals surface area contributed by atoms with E-state index in [2.05, 4.69) is 36.5 Å². The van der Waals surface area contributed by atoms with Gasteiger partial charge in [-0.3, -0.25) is 0 Å². The molecule has 2 nitrogen and oxygen atoms in total. The molecule has 0 amide bonds. The normalized spacial score (nSPS) is 17.6. The topological polar surface area (TPSA) is 21.3 Å². The Bertz CT molecular complexity index is 398. The van der Waals surface area contributed by atoms with Crippen LogP contribution in [0.5, 0.6) is 5.75 Å². The molecule has 1 unspecified atom stereocenters. The number of methoxy groups -OCH3 is 1. The van der Waals surface area contributed by atoms with Crippen molar-refractivity contribution >= 4 is 0 Å². The highest BCUT2D eigenvalue weighted by Gasteiger charge is 2.19. The third-order valence-electron chi connectivity index (χ3n) is 4.68. The predicted octanol–water partition coefficient (Wildman–Crippen LogP) is 4.58. The Kier molecular flexibility index (Phi) is 7.08. The van der Waals surface area contributed by atoms with Gasteiger partial charge in [0.15, 0.2) is 0 Å². The Hall–Kier alpha value is -1.02. The molecule has 1 aromatic rings. The highest BCUT2D eigenvalue weighted by atomic mass is 16.5. The first-order chi connectivity index (χ1) is 10.3. The summed E-state index contributed by atoms with van der Waals surface area (Å²) < 4.78 is 5.51. The van der Waals surface area contributed by atoms with E-state index in [1.54, 1.807) is 7.11 Å². The second-order valence-corrected chi connectivity index (χ2v) is 6.41. The lowest BCUT2D eigenvalue weighted by Crippen LogP contribution is -2.34. The molecule has 118 valence electrons. The van der Waals surface area contributed by atoms with Crippen molar-refractivity contribution in [1.29, 1.82) is 0 Å². The molecule has 0 saturated heterocycles. The molecular formula is C19H31NO. The van der Waals surface area contributed by atoms with Gasteiger partial charge in [-0.05, 0) is 43.4 Å². The van der Waals surface area contributed by atoms with E-state index in [4.69, 9.17) is 4.74 Å². The Morgan fingerprint density at radius 1 is 1.19 bits per heavy atom. The molecule has 0 aliphatic heterocycles. The molecule has 2 heteroatoms. The monoisotopic (exact) mass is 289 g/mol. The first-order valence-electron chi connectivity index (χ1n) is 8.68. The van der Waals surface area contributed by atoms with Crippen molar-refractivity contribution in [2.24, 2.45) is 5.92 Å². The van der Waals surface area contributed by atoms with Crippen molar-refractivity contribution in [3.8, 4) is 5.75 Å². The van der Waals surface area contributed by atoms with Gasteiger partial charge in [-0.15, -0.1) is 0 Å². The van der Waals surface area contributed by atoms with Gasteiger partial charge < -0.3 is 10.1 Å². The molecule has 0 radical (unpaired) electrons. The Balaban J connectivity index is 1.97. The molecule has 1 N–H and O–H groups in total. The molecule has 1 aliphatic rings. The number of rotatable bonds is 8. The largest absolute Gasteiger partial charge is 0.496 e. The molecule has 1 fully saturated rings. The van der Waals surface area contributed by atoms with Crippen molar-refractivity contribution in [2.45, 2.75) is 64.3 Å². The lowest BCUT2D eigenvalue weighted by atomic mass is 9.83. The van der Waals surface area contributed by atoms with E-state index < -0.39 is 0 Å². The average Bonchev–Trinajstić information content (AvgIpc) is 2.54. The van der Waals surface area contributed by atoms with E-state index in [0.717, 1.165) is 24.6 Å². The molecule has 2 rings (SSSR count). The zero-order chi connectivity index (χ0) is 14.9. The maximum atomic E-state index is 5.51. The summed E-state index contributed by atoms with van der Waals surface area (Å²) in [7, 11) is 1.77. The first-order valence-corrected chi connectivity index (χ1v) is 8.68. The maximum absolute atomic E-state index is 5.51. The van der Waals surface area contributed by atoms with Gasteiger partial charge in [0.1, 0.15) is 5.75 Å². The van der Waals surface area contributed by atoms with Crippen LogP contribution in [0.1, 0.15) is 57.4 Å². The zero-order valence-corrected chi connectivity index (χ0v) is 13.7. The Morgan fingerprint density at radius 2 is 1.95 bits per heavy atom. The third kappa shape index (κ3) is 5.35. The second kappa shape index (κ2) is 9.09. The fourth-order valence-corrected chi connectivity index (χ4v) is 3.55. The van der Waals surface area contributed by atoms with Gasteiger partial charge in [0.2, 0.25) is 0 Å². The number of hydrogen-bond acceptors (Lipinski definition) is 2. The molecule has 21 heavy (non-hydrogen) atoms. The van der Waals surface area contributed by atoms with Crippen molar-refractivity contribution in [3.05, 3.63) is 29.8 Å². The van der Waals surface area contributed by atoms with E-state index in [1.165, 1.54) is 50.5 Å². The minimum Gasteiger partial charge on any atom is -0.496 e. The van der Waals surface area contributed by atoms with Crippen LogP contribution in [0.15, 0.2) is 24.3 Å². The van der Waals surface area contributed by atoms with Crippen LogP contribution < -0.4 is 10.1 Å². The van der Waals surface area contributed by atoms with Crippen LogP contribution in [0.4, 0.5) is 0 Å². The van der Waals surface area contributed by atoms with Gasteiger partial charge >= 0.3 is 0 Å². The van der Waals surface area contributed by atoms with E-state index in [9.17, 15) is 0 Å². The molecule has 0 spiro atoms. The quantitative estimate of drug-likeness (QED) is 0.756. The summed E-state index contributed by atoms with van der Waals surface area (Å²) in [5, 5.41) is 3.76. The molecule has 1 atom stereocenters. The van der Waals surface area contributed by atoms with E-state index in [1.807, 2.05) is 0 Å². The fraction of sp³-hybridized carbons (Fsp3) is 0.684. The summed E-state index contributed by atoms with van der Waals surface area (Å²) in [4.78, 5) is 0. The Labute approximate surface area is 130 Å². The van der Waals surface area contributed by atoms with Crippen LogP contribution >= 0.6 is 0 Å². The van der Waals surface area contributed by atoms with Crippen LogP contribution in [-0.4, -0.2) is 19.7 Å². The molecule has 1 saturated carbocycles. The van der Waals surface area contributed by atoms with E-state index in [0.29, 0.717) is 6.04 Å². The van der Waals surface area contributed by atoms with Crippen LogP contribution in [-0.2, 0) is 6.42 Å². The number of ether oxygens (including phenoxy) is 1. The summed E-state index contributed by atoms with van der Waals surface area (Å²) in [6.45, 7) is 3.36. The highest BCUT2D eigenvalue weighted by Crippen LogP contribution is 2.29. The van der Waals surface area contributed by atoms with Gasteiger partial charge in [-0.25, -0.2) is 0 Å². The molecule has 0 bridgehead atoms. The SMILES string of the molecule is CCCNC(Cc1ccccc1OC)CC1CCCCC1. The zero-order valence-electron chi connectivity index (χ0n) is 13.7. The van der Waals surface area contributed by atoms with Crippen molar-refractivity contribution in [3.63, 3.8) is 0 Å². The van der Waals surface area contributed by atoms with Gasteiger partial charge in [0.05, 0.1) is 7.11 Å². The lowest BCUT2D eigenvalue weighted by molar-refractivity contribution is 0.295. The Morgan fingerprint density at radius 3 is 2.67 bits per heavy atom. The number of hydrogen-bond donors (Lipinski definition) is 1.